The van der Waals surface area contributed by atoms with E-state index in [-0.39, 0.29) is 10.7 Å². The van der Waals surface area contributed by atoms with Gasteiger partial charge in [0.05, 0.1) is 10.3 Å². The Labute approximate surface area is 144 Å². The molecule has 1 fully saturated rings. The van der Waals surface area contributed by atoms with Crippen molar-refractivity contribution in [2.24, 2.45) is 0 Å². The number of benzene rings is 2. The van der Waals surface area contributed by atoms with Crippen LogP contribution in [0, 0.1) is 5.82 Å². The van der Waals surface area contributed by atoms with Gasteiger partial charge in [-0.2, -0.15) is 4.98 Å². The van der Waals surface area contributed by atoms with Gasteiger partial charge in [-0.1, -0.05) is 23.4 Å². The van der Waals surface area contributed by atoms with E-state index in [0.29, 0.717) is 22.8 Å². The normalized spacial score (nSPS) is 15.9. The van der Waals surface area contributed by atoms with E-state index in [9.17, 15) is 12.8 Å². The molecule has 25 heavy (non-hydrogen) atoms. The summed E-state index contributed by atoms with van der Waals surface area (Å²) in [6, 6.07) is 12.9. The number of sulfone groups is 1. The van der Waals surface area contributed by atoms with Crippen molar-refractivity contribution < 1.29 is 17.3 Å². The minimum atomic E-state index is -3.26. The molecule has 0 spiro atoms. The molecule has 128 valence electrons. The Hall–Kier alpha value is -2.54. The molecule has 0 radical (unpaired) electrons. The summed E-state index contributed by atoms with van der Waals surface area (Å²) in [5.41, 5.74) is 0.660. The molecule has 1 aliphatic rings. The summed E-state index contributed by atoms with van der Waals surface area (Å²) in [7, 11) is -3.26. The van der Waals surface area contributed by atoms with Crippen LogP contribution in [-0.4, -0.2) is 24.8 Å². The fraction of sp³-hybridized carbons (Fsp3) is 0.222. The summed E-state index contributed by atoms with van der Waals surface area (Å²) in [4.78, 5) is 4.66. The van der Waals surface area contributed by atoms with Crippen LogP contribution in [0.15, 0.2) is 57.9 Å². The molecule has 0 N–H and O–H groups in total. The highest BCUT2D eigenvalue weighted by Crippen LogP contribution is 2.53. The number of hydrogen-bond donors (Lipinski definition) is 0. The highest BCUT2D eigenvalue weighted by molar-refractivity contribution is 7.90. The van der Waals surface area contributed by atoms with Crippen LogP contribution in [0.3, 0.4) is 0 Å². The minimum Gasteiger partial charge on any atom is -0.338 e. The molecule has 0 saturated heterocycles. The van der Waals surface area contributed by atoms with Crippen LogP contribution < -0.4 is 0 Å². The van der Waals surface area contributed by atoms with Crippen molar-refractivity contribution in [1.82, 2.24) is 10.1 Å². The van der Waals surface area contributed by atoms with E-state index in [2.05, 4.69) is 10.1 Å². The third-order valence-corrected chi connectivity index (χ3v) is 5.64. The molecule has 7 heteroatoms. The zero-order valence-corrected chi connectivity index (χ0v) is 14.3. The van der Waals surface area contributed by atoms with Gasteiger partial charge in [0.1, 0.15) is 5.82 Å². The first kappa shape index (κ1) is 16.0. The van der Waals surface area contributed by atoms with E-state index in [1.807, 2.05) is 0 Å². The Balaban J connectivity index is 1.68. The molecule has 0 unspecified atom stereocenters. The van der Waals surface area contributed by atoms with Crippen LogP contribution >= 0.6 is 0 Å². The van der Waals surface area contributed by atoms with Gasteiger partial charge in [0, 0.05) is 17.4 Å². The second kappa shape index (κ2) is 5.49. The van der Waals surface area contributed by atoms with E-state index in [1.165, 1.54) is 18.2 Å². The summed E-state index contributed by atoms with van der Waals surface area (Å²) < 4.78 is 42.6. The molecule has 0 atom stereocenters. The van der Waals surface area contributed by atoms with Crippen molar-refractivity contribution >= 4 is 9.84 Å². The molecule has 1 aliphatic carbocycles. The van der Waals surface area contributed by atoms with Gasteiger partial charge in [-0.05, 0) is 43.2 Å². The summed E-state index contributed by atoms with van der Waals surface area (Å²) >= 11 is 0. The first-order valence-electron chi connectivity index (χ1n) is 7.80. The Kier molecular flexibility index (Phi) is 3.50. The quantitative estimate of drug-likeness (QED) is 0.715. The first-order chi connectivity index (χ1) is 11.9. The highest BCUT2D eigenvalue weighted by atomic mass is 32.2. The number of rotatable bonds is 4. The average Bonchev–Trinajstić information content (AvgIpc) is 3.23. The maximum absolute atomic E-state index is 14.2. The van der Waals surface area contributed by atoms with Crippen molar-refractivity contribution in [2.75, 3.05) is 6.26 Å². The van der Waals surface area contributed by atoms with Crippen LogP contribution in [-0.2, 0) is 15.3 Å². The minimum absolute atomic E-state index is 0.227. The van der Waals surface area contributed by atoms with Crippen molar-refractivity contribution in [2.45, 2.75) is 23.2 Å². The van der Waals surface area contributed by atoms with Crippen LogP contribution in [0.4, 0.5) is 4.39 Å². The van der Waals surface area contributed by atoms with Gasteiger partial charge in [-0.3, -0.25) is 0 Å². The molecular formula is C18H15FN2O3S. The lowest BCUT2D eigenvalue weighted by atomic mass is 9.95. The average molecular weight is 358 g/mol. The second-order valence-electron chi connectivity index (χ2n) is 6.28. The lowest BCUT2D eigenvalue weighted by Crippen LogP contribution is -2.11. The van der Waals surface area contributed by atoms with Gasteiger partial charge in [0.15, 0.2) is 9.84 Å². The van der Waals surface area contributed by atoms with Crippen molar-refractivity contribution in [3.63, 3.8) is 0 Å². The second-order valence-corrected chi connectivity index (χ2v) is 8.30. The SMILES string of the molecule is CS(=O)(=O)c1ccc(-c2noc(C3(c4ccccc4F)CC3)n2)cc1. The molecule has 5 nitrogen and oxygen atoms in total. The molecule has 0 bridgehead atoms. The van der Waals surface area contributed by atoms with Crippen LogP contribution in [0.1, 0.15) is 24.3 Å². The third kappa shape index (κ3) is 2.74. The van der Waals surface area contributed by atoms with Crippen LogP contribution in [0.2, 0.25) is 0 Å². The number of halogens is 1. The third-order valence-electron chi connectivity index (χ3n) is 4.52. The van der Waals surface area contributed by atoms with Gasteiger partial charge in [0.25, 0.3) is 0 Å². The summed E-state index contributed by atoms with van der Waals surface area (Å²) in [6.07, 6.45) is 2.66. The number of hydrogen-bond acceptors (Lipinski definition) is 5. The smallest absolute Gasteiger partial charge is 0.237 e. The van der Waals surface area contributed by atoms with Crippen molar-refractivity contribution in [1.29, 1.82) is 0 Å². The Morgan fingerprint density at radius 2 is 1.76 bits per heavy atom. The number of nitrogens with zero attached hydrogens (tertiary/aromatic N) is 2. The standard InChI is InChI=1S/C18H15FN2O3S/c1-25(22,23)13-8-6-12(7-9-13)16-20-17(24-21-16)18(10-11-18)14-4-2-3-5-15(14)19/h2-9H,10-11H2,1H3. The molecule has 1 aromatic heterocycles. The Bertz CT molecular complexity index is 1040. The predicted octanol–water partition coefficient (Wildman–Crippen LogP) is 3.36. The van der Waals surface area contributed by atoms with Crippen LogP contribution in [0.25, 0.3) is 11.4 Å². The molecule has 1 saturated carbocycles. The fourth-order valence-corrected chi connectivity index (χ4v) is 3.59. The van der Waals surface area contributed by atoms with E-state index in [4.69, 9.17) is 4.52 Å². The van der Waals surface area contributed by atoms with Crippen molar-refractivity contribution in [3.05, 3.63) is 65.8 Å². The molecule has 4 rings (SSSR count). The summed E-state index contributed by atoms with van der Waals surface area (Å²) in [6.45, 7) is 0. The van der Waals surface area contributed by atoms with Crippen molar-refractivity contribution in [3.8, 4) is 11.4 Å². The first-order valence-corrected chi connectivity index (χ1v) is 9.69. The van der Waals surface area contributed by atoms with Gasteiger partial charge < -0.3 is 4.52 Å². The zero-order valence-electron chi connectivity index (χ0n) is 13.4. The van der Waals surface area contributed by atoms with Gasteiger partial charge >= 0.3 is 0 Å². The highest BCUT2D eigenvalue weighted by Gasteiger charge is 2.52. The zero-order chi connectivity index (χ0) is 17.7. The number of aromatic nitrogens is 2. The Morgan fingerprint density at radius 3 is 2.36 bits per heavy atom. The maximum atomic E-state index is 14.2. The Morgan fingerprint density at radius 1 is 1.08 bits per heavy atom. The fourth-order valence-electron chi connectivity index (χ4n) is 2.96. The summed E-state index contributed by atoms with van der Waals surface area (Å²) in [5, 5.41) is 3.98. The maximum Gasteiger partial charge on any atom is 0.237 e. The largest absolute Gasteiger partial charge is 0.338 e. The van der Waals surface area contributed by atoms with Gasteiger partial charge in [-0.15, -0.1) is 0 Å². The molecule has 0 amide bonds. The molecule has 3 aromatic rings. The molecule has 2 aromatic carbocycles. The summed E-state index contributed by atoms with van der Waals surface area (Å²) in [5.74, 6) is 0.467. The van der Waals surface area contributed by atoms with Gasteiger partial charge in [0.2, 0.25) is 11.7 Å². The topological polar surface area (TPSA) is 73.1 Å². The monoisotopic (exact) mass is 358 g/mol. The van der Waals surface area contributed by atoms with E-state index >= 15 is 0 Å². The van der Waals surface area contributed by atoms with E-state index < -0.39 is 15.3 Å². The lowest BCUT2D eigenvalue weighted by Gasteiger charge is -2.11. The lowest BCUT2D eigenvalue weighted by molar-refractivity contribution is 0.357. The molecule has 1 heterocycles. The van der Waals surface area contributed by atoms with Crippen LogP contribution in [0.5, 0.6) is 0 Å². The molecule has 0 aliphatic heterocycles. The van der Waals surface area contributed by atoms with E-state index in [0.717, 1.165) is 19.1 Å². The predicted molar refractivity (Wildman–Crippen MR) is 89.3 cm³/mol. The van der Waals surface area contributed by atoms with Gasteiger partial charge in [-0.25, -0.2) is 12.8 Å². The van der Waals surface area contributed by atoms with E-state index in [1.54, 1.807) is 30.3 Å². The molecular weight excluding hydrogens is 343 g/mol.